The zero-order chi connectivity index (χ0) is 12.4. The third kappa shape index (κ3) is 1.99. The van der Waals surface area contributed by atoms with Crippen LogP contribution in [0.15, 0.2) is 24.3 Å². The number of aromatic nitrogens is 1. The molecule has 0 aliphatic carbocycles. The largest absolute Gasteiger partial charge is 0.371 e. The van der Waals surface area contributed by atoms with Gasteiger partial charge in [0.1, 0.15) is 0 Å². The lowest BCUT2D eigenvalue weighted by Crippen LogP contribution is -2.23. The fraction of sp³-hybridized carbons (Fsp3) is 0.400. The molecule has 0 fully saturated rings. The Bertz CT molecular complexity index is 528. The fourth-order valence-electron chi connectivity index (χ4n) is 2.36. The zero-order valence-corrected chi connectivity index (χ0v) is 11.1. The molecule has 1 heterocycles. The molecule has 0 saturated heterocycles. The monoisotopic (exact) mass is 228 g/mol. The van der Waals surface area contributed by atoms with Crippen LogP contribution in [0.3, 0.4) is 0 Å². The Kier molecular flexibility index (Phi) is 3.32. The van der Waals surface area contributed by atoms with Gasteiger partial charge in [-0.05, 0) is 39.3 Å². The van der Waals surface area contributed by atoms with Crippen LogP contribution < -0.4 is 4.90 Å². The lowest BCUT2D eigenvalue weighted by Gasteiger charge is -2.25. The molecular formula is C15H20N2. The Balaban J connectivity index is 2.77. The topological polar surface area (TPSA) is 16.1 Å². The van der Waals surface area contributed by atoms with Crippen LogP contribution in [-0.4, -0.2) is 18.1 Å². The molecule has 2 rings (SSSR count). The van der Waals surface area contributed by atoms with Crippen LogP contribution in [0.5, 0.6) is 0 Å². The highest BCUT2D eigenvalue weighted by Gasteiger charge is 2.13. The van der Waals surface area contributed by atoms with Gasteiger partial charge in [-0.3, -0.25) is 4.98 Å². The molecule has 0 aliphatic heterocycles. The van der Waals surface area contributed by atoms with Gasteiger partial charge in [0.25, 0.3) is 0 Å². The molecule has 2 aromatic rings. The highest BCUT2D eigenvalue weighted by molar-refractivity contribution is 5.93. The van der Waals surface area contributed by atoms with E-state index in [4.69, 9.17) is 0 Å². The molecule has 2 nitrogen and oxygen atoms in total. The molecule has 0 atom stereocenters. The average Bonchev–Trinajstić information content (AvgIpc) is 2.35. The van der Waals surface area contributed by atoms with E-state index in [1.165, 1.54) is 16.6 Å². The summed E-state index contributed by atoms with van der Waals surface area (Å²) in [6, 6.07) is 8.40. The summed E-state index contributed by atoms with van der Waals surface area (Å²) in [5, 5.41) is 1.26. The molecule has 2 heteroatoms. The molecule has 0 unspecified atom stereocenters. The number of nitrogens with zero attached hydrogens (tertiary/aromatic N) is 2. The van der Waals surface area contributed by atoms with Crippen LogP contribution in [-0.2, 0) is 0 Å². The van der Waals surface area contributed by atoms with E-state index in [0.717, 1.165) is 24.3 Å². The summed E-state index contributed by atoms with van der Waals surface area (Å²) in [6.45, 7) is 10.7. The number of hydrogen-bond acceptors (Lipinski definition) is 2. The van der Waals surface area contributed by atoms with E-state index >= 15 is 0 Å². The van der Waals surface area contributed by atoms with Crippen molar-refractivity contribution < 1.29 is 0 Å². The molecule has 17 heavy (non-hydrogen) atoms. The molecule has 0 spiro atoms. The number of fused-ring (bicyclic) bond motifs is 1. The summed E-state index contributed by atoms with van der Waals surface area (Å²) in [5.74, 6) is 0. The lowest BCUT2D eigenvalue weighted by molar-refractivity contribution is 0.863. The predicted molar refractivity (Wildman–Crippen MR) is 74.8 cm³/mol. The number of para-hydroxylation sites is 1. The predicted octanol–water partition coefficient (Wildman–Crippen LogP) is 3.70. The molecule has 1 aromatic heterocycles. The van der Waals surface area contributed by atoms with Crippen molar-refractivity contribution in [3.05, 3.63) is 35.5 Å². The first-order valence-corrected chi connectivity index (χ1v) is 6.29. The lowest BCUT2D eigenvalue weighted by atomic mass is 10.1. The minimum Gasteiger partial charge on any atom is -0.371 e. The van der Waals surface area contributed by atoms with Gasteiger partial charge >= 0.3 is 0 Å². The highest BCUT2D eigenvalue weighted by Crippen LogP contribution is 2.30. The minimum absolute atomic E-state index is 1.03. The van der Waals surface area contributed by atoms with Gasteiger partial charge < -0.3 is 4.90 Å². The third-order valence-electron chi connectivity index (χ3n) is 3.42. The van der Waals surface area contributed by atoms with Gasteiger partial charge in [0.05, 0.1) is 11.2 Å². The van der Waals surface area contributed by atoms with Crippen LogP contribution in [0.25, 0.3) is 10.9 Å². The van der Waals surface area contributed by atoms with E-state index in [1.54, 1.807) is 0 Å². The van der Waals surface area contributed by atoms with Crippen LogP contribution >= 0.6 is 0 Å². The second-order valence-electron chi connectivity index (χ2n) is 4.36. The molecule has 0 saturated carbocycles. The molecule has 0 bridgehead atoms. The van der Waals surface area contributed by atoms with Gasteiger partial charge in [-0.15, -0.1) is 0 Å². The van der Waals surface area contributed by atoms with Crippen molar-refractivity contribution in [3.8, 4) is 0 Å². The maximum atomic E-state index is 4.66. The first kappa shape index (κ1) is 11.9. The summed E-state index contributed by atoms with van der Waals surface area (Å²) in [7, 11) is 0. The summed E-state index contributed by atoms with van der Waals surface area (Å²) in [5.41, 5.74) is 4.87. The summed E-state index contributed by atoms with van der Waals surface area (Å²) >= 11 is 0. The first-order chi connectivity index (χ1) is 8.19. The third-order valence-corrected chi connectivity index (χ3v) is 3.42. The normalized spacial score (nSPS) is 10.8. The van der Waals surface area contributed by atoms with Gasteiger partial charge in [0, 0.05) is 24.2 Å². The van der Waals surface area contributed by atoms with E-state index < -0.39 is 0 Å². The average molecular weight is 228 g/mol. The van der Waals surface area contributed by atoms with Gasteiger partial charge in [-0.2, -0.15) is 0 Å². The van der Waals surface area contributed by atoms with Crippen molar-refractivity contribution in [2.45, 2.75) is 27.7 Å². The Labute approximate surface area is 103 Å². The number of hydrogen-bond donors (Lipinski definition) is 0. The minimum atomic E-state index is 1.03. The highest BCUT2D eigenvalue weighted by atomic mass is 15.1. The van der Waals surface area contributed by atoms with E-state index in [2.05, 4.69) is 61.8 Å². The second kappa shape index (κ2) is 4.74. The smallest absolute Gasteiger partial charge is 0.0726 e. The Morgan fingerprint density at radius 3 is 2.35 bits per heavy atom. The first-order valence-electron chi connectivity index (χ1n) is 6.29. The van der Waals surface area contributed by atoms with Crippen molar-refractivity contribution >= 4 is 16.6 Å². The van der Waals surface area contributed by atoms with E-state index in [1.807, 2.05) is 0 Å². The maximum absolute atomic E-state index is 4.66. The number of anilines is 1. The van der Waals surface area contributed by atoms with E-state index in [-0.39, 0.29) is 0 Å². The summed E-state index contributed by atoms with van der Waals surface area (Å²) in [4.78, 5) is 7.07. The molecule has 0 aliphatic rings. The van der Waals surface area contributed by atoms with Gasteiger partial charge in [-0.25, -0.2) is 0 Å². The quantitative estimate of drug-likeness (QED) is 0.796. The van der Waals surface area contributed by atoms with Crippen molar-refractivity contribution in [2.75, 3.05) is 18.0 Å². The summed E-state index contributed by atoms with van der Waals surface area (Å²) < 4.78 is 0. The Morgan fingerprint density at radius 1 is 1.06 bits per heavy atom. The van der Waals surface area contributed by atoms with Gasteiger partial charge in [-0.1, -0.05) is 18.2 Å². The molecule has 90 valence electrons. The van der Waals surface area contributed by atoms with E-state index in [9.17, 15) is 0 Å². The molecule has 0 N–H and O–H groups in total. The molecule has 0 amide bonds. The van der Waals surface area contributed by atoms with Crippen LogP contribution in [0.1, 0.15) is 25.1 Å². The van der Waals surface area contributed by atoms with Crippen molar-refractivity contribution in [2.24, 2.45) is 0 Å². The van der Waals surface area contributed by atoms with Gasteiger partial charge in [0.15, 0.2) is 0 Å². The summed E-state index contributed by atoms with van der Waals surface area (Å²) in [6.07, 6.45) is 0. The fourth-order valence-corrected chi connectivity index (χ4v) is 2.36. The second-order valence-corrected chi connectivity index (χ2v) is 4.36. The Hall–Kier alpha value is -1.57. The number of rotatable bonds is 3. The Morgan fingerprint density at radius 2 is 1.71 bits per heavy atom. The van der Waals surface area contributed by atoms with Crippen LogP contribution in [0.2, 0.25) is 0 Å². The van der Waals surface area contributed by atoms with Crippen LogP contribution in [0, 0.1) is 13.8 Å². The standard InChI is InChI=1S/C15H20N2/c1-5-17(6-2)15-11(3)12(4)16-14-10-8-7-9-13(14)15/h7-10H,5-6H2,1-4H3. The van der Waals surface area contributed by atoms with Crippen molar-refractivity contribution in [3.63, 3.8) is 0 Å². The van der Waals surface area contributed by atoms with Crippen molar-refractivity contribution in [1.82, 2.24) is 4.98 Å². The molecule has 1 aromatic carbocycles. The van der Waals surface area contributed by atoms with Crippen LogP contribution in [0.4, 0.5) is 5.69 Å². The SMILES string of the molecule is CCN(CC)c1c(C)c(C)nc2ccccc12. The van der Waals surface area contributed by atoms with Gasteiger partial charge in [0.2, 0.25) is 0 Å². The van der Waals surface area contributed by atoms with E-state index in [0.29, 0.717) is 0 Å². The van der Waals surface area contributed by atoms with Crippen molar-refractivity contribution in [1.29, 1.82) is 0 Å². The molecular weight excluding hydrogens is 208 g/mol. The number of benzene rings is 1. The number of aryl methyl sites for hydroxylation is 1. The zero-order valence-electron chi connectivity index (χ0n) is 11.1. The molecule has 0 radical (unpaired) electrons. The number of pyridine rings is 1. The maximum Gasteiger partial charge on any atom is 0.0726 e.